The molecule has 0 saturated carbocycles. The second-order valence-corrected chi connectivity index (χ2v) is 3.89. The lowest BCUT2D eigenvalue weighted by molar-refractivity contribution is 0.215. The number of anilines is 1. The molecular formula is C15H15NO4. The van der Waals surface area contributed by atoms with Crippen LogP contribution in [0.1, 0.15) is 0 Å². The van der Waals surface area contributed by atoms with Crippen molar-refractivity contribution >= 4 is 11.8 Å². The lowest BCUT2D eigenvalue weighted by Crippen LogP contribution is -2.17. The SMILES string of the molecule is COc1ccc(NC(=O)Oc2ccccc2)c(OC)c1. The average molecular weight is 273 g/mol. The van der Waals surface area contributed by atoms with Crippen LogP contribution in [0.15, 0.2) is 48.5 Å². The monoisotopic (exact) mass is 273 g/mol. The van der Waals surface area contributed by atoms with E-state index in [1.165, 1.54) is 7.11 Å². The van der Waals surface area contributed by atoms with Crippen molar-refractivity contribution in [3.63, 3.8) is 0 Å². The zero-order chi connectivity index (χ0) is 14.4. The molecule has 0 aliphatic heterocycles. The Balaban J connectivity index is 2.07. The summed E-state index contributed by atoms with van der Waals surface area (Å²) in [6.07, 6.45) is -0.584. The van der Waals surface area contributed by atoms with E-state index in [0.29, 0.717) is 22.9 Å². The van der Waals surface area contributed by atoms with Gasteiger partial charge in [0.05, 0.1) is 19.9 Å². The highest BCUT2D eigenvalue weighted by Gasteiger charge is 2.10. The van der Waals surface area contributed by atoms with Gasteiger partial charge in [0.1, 0.15) is 17.2 Å². The van der Waals surface area contributed by atoms with E-state index in [1.807, 2.05) is 6.07 Å². The average Bonchev–Trinajstić information content (AvgIpc) is 2.48. The molecule has 0 saturated heterocycles. The van der Waals surface area contributed by atoms with Crippen LogP contribution in [0.5, 0.6) is 17.2 Å². The molecule has 0 radical (unpaired) electrons. The maximum atomic E-state index is 11.8. The lowest BCUT2D eigenvalue weighted by atomic mass is 10.2. The van der Waals surface area contributed by atoms with Crippen LogP contribution in [-0.2, 0) is 0 Å². The van der Waals surface area contributed by atoms with E-state index in [1.54, 1.807) is 49.6 Å². The summed E-state index contributed by atoms with van der Waals surface area (Å²) in [6.45, 7) is 0. The third kappa shape index (κ3) is 3.41. The first-order valence-electron chi connectivity index (χ1n) is 5.99. The number of carbonyl (C=O) groups excluding carboxylic acids is 1. The van der Waals surface area contributed by atoms with Crippen LogP contribution in [0.4, 0.5) is 10.5 Å². The number of methoxy groups -OCH3 is 2. The Hall–Kier alpha value is -2.69. The Morgan fingerprint density at radius 2 is 1.70 bits per heavy atom. The first-order valence-corrected chi connectivity index (χ1v) is 5.99. The molecule has 20 heavy (non-hydrogen) atoms. The van der Waals surface area contributed by atoms with E-state index in [2.05, 4.69) is 5.32 Å². The van der Waals surface area contributed by atoms with Gasteiger partial charge in [0.15, 0.2) is 0 Å². The second-order valence-electron chi connectivity index (χ2n) is 3.89. The van der Waals surface area contributed by atoms with Gasteiger partial charge in [0.25, 0.3) is 0 Å². The number of benzene rings is 2. The molecule has 0 aliphatic rings. The highest BCUT2D eigenvalue weighted by molar-refractivity contribution is 5.88. The zero-order valence-electron chi connectivity index (χ0n) is 11.3. The molecule has 104 valence electrons. The van der Waals surface area contributed by atoms with Gasteiger partial charge in [0, 0.05) is 6.07 Å². The van der Waals surface area contributed by atoms with Gasteiger partial charge in [-0.15, -0.1) is 0 Å². The third-order valence-electron chi connectivity index (χ3n) is 2.60. The Kier molecular flexibility index (Phi) is 4.44. The van der Waals surface area contributed by atoms with E-state index < -0.39 is 6.09 Å². The summed E-state index contributed by atoms with van der Waals surface area (Å²) in [5.74, 6) is 1.61. The van der Waals surface area contributed by atoms with Crippen molar-refractivity contribution < 1.29 is 19.0 Å². The smallest absolute Gasteiger partial charge is 0.417 e. The fraction of sp³-hybridized carbons (Fsp3) is 0.133. The van der Waals surface area contributed by atoms with E-state index in [9.17, 15) is 4.79 Å². The molecule has 2 aromatic carbocycles. The molecule has 0 spiro atoms. The molecule has 0 aromatic heterocycles. The zero-order valence-corrected chi connectivity index (χ0v) is 11.3. The molecule has 0 bridgehead atoms. The van der Waals surface area contributed by atoms with Crippen molar-refractivity contribution in [2.75, 3.05) is 19.5 Å². The molecule has 5 heteroatoms. The second kappa shape index (κ2) is 6.47. The molecule has 0 atom stereocenters. The molecule has 2 rings (SSSR count). The number of rotatable bonds is 4. The first kappa shape index (κ1) is 13.7. The van der Waals surface area contributed by atoms with Gasteiger partial charge in [-0.25, -0.2) is 4.79 Å². The standard InChI is InChI=1S/C15H15NO4/c1-18-12-8-9-13(14(10-12)19-2)16-15(17)20-11-6-4-3-5-7-11/h3-10H,1-2H3,(H,16,17). The lowest BCUT2D eigenvalue weighted by Gasteiger charge is -2.11. The molecule has 0 unspecified atom stereocenters. The van der Waals surface area contributed by atoms with Gasteiger partial charge in [-0.2, -0.15) is 0 Å². The summed E-state index contributed by atoms with van der Waals surface area (Å²) in [5.41, 5.74) is 0.509. The summed E-state index contributed by atoms with van der Waals surface area (Å²) in [6, 6.07) is 13.9. The maximum absolute atomic E-state index is 11.8. The predicted molar refractivity (Wildman–Crippen MR) is 75.6 cm³/mol. The minimum atomic E-state index is -0.584. The fourth-order valence-corrected chi connectivity index (χ4v) is 1.63. The fourth-order valence-electron chi connectivity index (χ4n) is 1.63. The molecule has 2 aromatic rings. The summed E-state index contributed by atoms with van der Waals surface area (Å²) < 4.78 is 15.4. The van der Waals surface area contributed by atoms with E-state index in [4.69, 9.17) is 14.2 Å². The number of nitrogens with one attached hydrogen (secondary N) is 1. The van der Waals surface area contributed by atoms with E-state index in [-0.39, 0.29) is 0 Å². The summed E-state index contributed by atoms with van der Waals surface area (Å²) >= 11 is 0. The van der Waals surface area contributed by atoms with E-state index >= 15 is 0 Å². The molecule has 5 nitrogen and oxygen atoms in total. The van der Waals surface area contributed by atoms with Crippen molar-refractivity contribution in [1.82, 2.24) is 0 Å². The molecule has 1 amide bonds. The Labute approximate surface area is 117 Å². The quantitative estimate of drug-likeness (QED) is 0.928. The van der Waals surface area contributed by atoms with Gasteiger partial charge in [-0.05, 0) is 24.3 Å². The Bertz CT molecular complexity index is 584. The number of hydrogen-bond donors (Lipinski definition) is 1. The van der Waals surface area contributed by atoms with Crippen molar-refractivity contribution in [2.45, 2.75) is 0 Å². The van der Waals surface area contributed by atoms with Gasteiger partial charge in [-0.3, -0.25) is 5.32 Å². The minimum absolute atomic E-state index is 0.470. The highest BCUT2D eigenvalue weighted by atomic mass is 16.6. The van der Waals surface area contributed by atoms with Crippen molar-refractivity contribution in [1.29, 1.82) is 0 Å². The molecule has 0 fully saturated rings. The van der Waals surface area contributed by atoms with Crippen LogP contribution in [0.3, 0.4) is 0 Å². The van der Waals surface area contributed by atoms with Crippen molar-refractivity contribution in [3.8, 4) is 17.2 Å². The normalized spacial score (nSPS) is 9.70. The largest absolute Gasteiger partial charge is 0.497 e. The first-order chi connectivity index (χ1) is 9.72. The minimum Gasteiger partial charge on any atom is -0.497 e. The summed E-state index contributed by atoms with van der Waals surface area (Å²) in [7, 11) is 3.08. The van der Waals surface area contributed by atoms with Crippen LogP contribution in [0.2, 0.25) is 0 Å². The van der Waals surface area contributed by atoms with Crippen LogP contribution in [0, 0.1) is 0 Å². The third-order valence-corrected chi connectivity index (χ3v) is 2.60. The summed E-state index contributed by atoms with van der Waals surface area (Å²) in [5, 5.41) is 2.62. The van der Waals surface area contributed by atoms with Gasteiger partial charge >= 0.3 is 6.09 Å². The number of ether oxygens (including phenoxy) is 3. The molecule has 0 heterocycles. The number of amides is 1. The van der Waals surface area contributed by atoms with Crippen molar-refractivity contribution in [2.24, 2.45) is 0 Å². The maximum Gasteiger partial charge on any atom is 0.417 e. The van der Waals surface area contributed by atoms with Gasteiger partial charge < -0.3 is 14.2 Å². The predicted octanol–water partition coefficient (Wildman–Crippen LogP) is 3.31. The summed E-state index contributed by atoms with van der Waals surface area (Å²) in [4.78, 5) is 11.8. The van der Waals surface area contributed by atoms with Crippen LogP contribution >= 0.6 is 0 Å². The molecule has 1 N–H and O–H groups in total. The molecular weight excluding hydrogens is 258 g/mol. The van der Waals surface area contributed by atoms with Gasteiger partial charge in [0.2, 0.25) is 0 Å². The number of carbonyl (C=O) groups is 1. The molecule has 0 aliphatic carbocycles. The Morgan fingerprint density at radius 1 is 0.950 bits per heavy atom. The van der Waals surface area contributed by atoms with Crippen LogP contribution in [-0.4, -0.2) is 20.3 Å². The van der Waals surface area contributed by atoms with Gasteiger partial charge in [-0.1, -0.05) is 18.2 Å². The van der Waals surface area contributed by atoms with Crippen LogP contribution < -0.4 is 19.5 Å². The number of hydrogen-bond acceptors (Lipinski definition) is 4. The van der Waals surface area contributed by atoms with Crippen LogP contribution in [0.25, 0.3) is 0 Å². The van der Waals surface area contributed by atoms with E-state index in [0.717, 1.165) is 0 Å². The number of para-hydroxylation sites is 1. The Morgan fingerprint density at radius 3 is 2.35 bits per heavy atom. The highest BCUT2D eigenvalue weighted by Crippen LogP contribution is 2.29. The van der Waals surface area contributed by atoms with Crippen molar-refractivity contribution in [3.05, 3.63) is 48.5 Å². The topological polar surface area (TPSA) is 56.8 Å².